The van der Waals surface area contributed by atoms with E-state index < -0.39 is 41.6 Å². The minimum atomic E-state index is -4.73. The van der Waals surface area contributed by atoms with E-state index in [1.54, 1.807) is 0 Å². The summed E-state index contributed by atoms with van der Waals surface area (Å²) in [5, 5.41) is 0. The lowest BCUT2D eigenvalue weighted by molar-refractivity contribution is -0.138. The first-order chi connectivity index (χ1) is 8.68. The predicted molar refractivity (Wildman–Crippen MR) is 58.3 cm³/mol. The van der Waals surface area contributed by atoms with Gasteiger partial charge in [0.1, 0.15) is 5.75 Å². The number of nitrogens with two attached hydrogens (primary N) is 1. The van der Waals surface area contributed by atoms with Gasteiger partial charge in [-0.3, -0.25) is 0 Å². The Morgan fingerprint density at radius 3 is 2.26 bits per heavy atom. The van der Waals surface area contributed by atoms with Crippen LogP contribution in [0.2, 0.25) is 0 Å². The van der Waals surface area contributed by atoms with Crippen LogP contribution in [0.25, 0.3) is 0 Å². The van der Waals surface area contributed by atoms with Gasteiger partial charge in [0.15, 0.2) is 0 Å². The van der Waals surface area contributed by atoms with Gasteiger partial charge in [0, 0.05) is 13.0 Å². The average molecular weight is 281 g/mol. The van der Waals surface area contributed by atoms with E-state index in [0.29, 0.717) is 0 Å². The lowest BCUT2D eigenvalue weighted by Crippen LogP contribution is -2.29. The van der Waals surface area contributed by atoms with Crippen LogP contribution in [-0.4, -0.2) is 19.6 Å². The Hall–Kier alpha value is -1.37. The summed E-state index contributed by atoms with van der Waals surface area (Å²) in [6.45, 7) is -0.532. The highest BCUT2D eigenvalue weighted by Gasteiger charge is 2.72. The topological polar surface area (TPSA) is 35.2 Å². The van der Waals surface area contributed by atoms with E-state index >= 15 is 0 Å². The fourth-order valence-electron chi connectivity index (χ4n) is 2.26. The standard InChI is InChI=1S/C12H12F5NO/c1-19-7-2-3-8(9(4-7)12(15,16)17)10(6-18)5-11(10,13)14/h2-4H,5-6,18H2,1H3. The lowest BCUT2D eigenvalue weighted by atomic mass is 9.90. The van der Waals surface area contributed by atoms with Gasteiger partial charge in [-0.25, -0.2) is 8.78 Å². The van der Waals surface area contributed by atoms with Crippen LogP contribution in [0, 0.1) is 0 Å². The Morgan fingerprint density at radius 1 is 1.32 bits per heavy atom. The van der Waals surface area contributed by atoms with Gasteiger partial charge in [0.05, 0.1) is 18.1 Å². The van der Waals surface area contributed by atoms with Gasteiger partial charge in [-0.05, 0) is 17.7 Å². The van der Waals surface area contributed by atoms with Crippen molar-refractivity contribution in [3.05, 3.63) is 29.3 Å². The second-order valence-electron chi connectivity index (χ2n) is 4.58. The second-order valence-corrected chi connectivity index (χ2v) is 4.58. The maximum atomic E-state index is 13.4. The van der Waals surface area contributed by atoms with Crippen LogP contribution in [0.1, 0.15) is 17.5 Å². The van der Waals surface area contributed by atoms with E-state index in [1.807, 2.05) is 0 Å². The summed E-state index contributed by atoms with van der Waals surface area (Å²) < 4.78 is 70.4. The van der Waals surface area contributed by atoms with Crippen LogP contribution < -0.4 is 10.5 Å². The van der Waals surface area contributed by atoms with Crippen molar-refractivity contribution in [2.45, 2.75) is 23.9 Å². The third-order valence-corrected chi connectivity index (χ3v) is 3.50. The molecular weight excluding hydrogens is 269 g/mol. The summed E-state index contributed by atoms with van der Waals surface area (Å²) >= 11 is 0. The summed E-state index contributed by atoms with van der Waals surface area (Å²) in [4.78, 5) is 0. The molecule has 0 aromatic heterocycles. The average Bonchev–Trinajstić information content (AvgIpc) is 2.91. The summed E-state index contributed by atoms with van der Waals surface area (Å²) in [6.07, 6.45) is -5.39. The zero-order valence-corrected chi connectivity index (χ0v) is 10.0. The summed E-state index contributed by atoms with van der Waals surface area (Å²) in [6, 6.07) is 2.98. The first-order valence-electron chi connectivity index (χ1n) is 5.51. The molecule has 1 aliphatic rings. The molecule has 2 N–H and O–H groups in total. The Bertz CT molecular complexity index is 499. The van der Waals surface area contributed by atoms with E-state index in [-0.39, 0.29) is 5.75 Å². The van der Waals surface area contributed by atoms with E-state index in [9.17, 15) is 22.0 Å². The van der Waals surface area contributed by atoms with Crippen molar-refractivity contribution < 1.29 is 26.7 Å². The quantitative estimate of drug-likeness (QED) is 0.865. The molecule has 1 aliphatic carbocycles. The van der Waals surface area contributed by atoms with Gasteiger partial charge in [0.25, 0.3) is 5.92 Å². The van der Waals surface area contributed by atoms with E-state index in [4.69, 9.17) is 10.5 Å². The number of hydrogen-bond donors (Lipinski definition) is 1. The lowest BCUT2D eigenvalue weighted by Gasteiger charge is -2.21. The predicted octanol–water partition coefficient (Wildman–Crippen LogP) is 2.95. The molecule has 7 heteroatoms. The number of hydrogen-bond acceptors (Lipinski definition) is 2. The van der Waals surface area contributed by atoms with Crippen molar-refractivity contribution in [3.8, 4) is 5.75 Å². The van der Waals surface area contributed by atoms with Gasteiger partial charge >= 0.3 is 6.18 Å². The van der Waals surface area contributed by atoms with Gasteiger partial charge in [-0.1, -0.05) is 6.07 Å². The molecule has 2 rings (SSSR count). The first kappa shape index (κ1) is 14.0. The smallest absolute Gasteiger partial charge is 0.416 e. The Morgan fingerprint density at radius 2 is 1.89 bits per heavy atom. The third kappa shape index (κ3) is 2.05. The molecule has 1 saturated carbocycles. The van der Waals surface area contributed by atoms with Crippen molar-refractivity contribution >= 4 is 0 Å². The van der Waals surface area contributed by atoms with Crippen LogP contribution in [0.5, 0.6) is 5.75 Å². The van der Waals surface area contributed by atoms with E-state index in [0.717, 1.165) is 12.1 Å². The molecule has 1 aromatic carbocycles. The summed E-state index contributed by atoms with van der Waals surface area (Å²) in [7, 11) is 1.21. The number of halogens is 5. The molecule has 0 bridgehead atoms. The fraction of sp³-hybridized carbons (Fsp3) is 0.500. The van der Waals surface area contributed by atoms with E-state index in [2.05, 4.69) is 0 Å². The molecule has 0 amide bonds. The second kappa shape index (κ2) is 4.06. The van der Waals surface area contributed by atoms with Gasteiger partial charge < -0.3 is 10.5 Å². The zero-order chi connectivity index (χ0) is 14.5. The van der Waals surface area contributed by atoms with Crippen molar-refractivity contribution in [1.29, 1.82) is 0 Å². The van der Waals surface area contributed by atoms with Crippen LogP contribution in [0.3, 0.4) is 0 Å². The first-order valence-corrected chi connectivity index (χ1v) is 5.51. The van der Waals surface area contributed by atoms with Crippen molar-refractivity contribution in [1.82, 2.24) is 0 Å². The molecule has 1 unspecified atom stereocenters. The van der Waals surface area contributed by atoms with Gasteiger partial charge in [0.2, 0.25) is 0 Å². The van der Waals surface area contributed by atoms with Crippen molar-refractivity contribution in [2.24, 2.45) is 5.73 Å². The molecule has 0 heterocycles. The normalized spacial score (nSPS) is 25.2. The maximum absolute atomic E-state index is 13.4. The molecular formula is C12H12F5NO. The molecule has 0 saturated heterocycles. The zero-order valence-electron chi connectivity index (χ0n) is 10.0. The number of benzene rings is 1. The van der Waals surface area contributed by atoms with Gasteiger partial charge in [-0.2, -0.15) is 13.2 Å². The molecule has 0 radical (unpaired) electrons. The SMILES string of the molecule is COc1ccc(C2(CN)CC2(F)F)c(C(F)(F)F)c1. The van der Waals surface area contributed by atoms with Crippen molar-refractivity contribution in [3.63, 3.8) is 0 Å². The minimum absolute atomic E-state index is 0.0350. The highest BCUT2D eigenvalue weighted by atomic mass is 19.4. The van der Waals surface area contributed by atoms with Crippen LogP contribution >= 0.6 is 0 Å². The number of rotatable bonds is 3. The van der Waals surface area contributed by atoms with E-state index in [1.165, 1.54) is 13.2 Å². The fourth-order valence-corrected chi connectivity index (χ4v) is 2.26. The largest absolute Gasteiger partial charge is 0.497 e. The Labute approximate surface area is 106 Å². The highest BCUT2D eigenvalue weighted by Crippen LogP contribution is 2.62. The monoisotopic (exact) mass is 281 g/mol. The van der Waals surface area contributed by atoms with Gasteiger partial charge in [-0.15, -0.1) is 0 Å². The third-order valence-electron chi connectivity index (χ3n) is 3.50. The molecule has 106 valence electrons. The van der Waals surface area contributed by atoms with Crippen LogP contribution in [-0.2, 0) is 11.6 Å². The minimum Gasteiger partial charge on any atom is -0.497 e. The molecule has 19 heavy (non-hydrogen) atoms. The summed E-state index contributed by atoms with van der Waals surface area (Å²) in [5.74, 6) is -3.23. The molecule has 0 spiro atoms. The number of methoxy groups -OCH3 is 1. The molecule has 2 nitrogen and oxygen atoms in total. The molecule has 1 aromatic rings. The van der Waals surface area contributed by atoms with Crippen molar-refractivity contribution in [2.75, 3.05) is 13.7 Å². The maximum Gasteiger partial charge on any atom is 0.416 e. The Kier molecular flexibility index (Phi) is 3.00. The van der Waals surface area contributed by atoms with Crippen LogP contribution in [0.4, 0.5) is 22.0 Å². The Balaban J connectivity index is 2.58. The molecule has 1 atom stereocenters. The molecule has 1 fully saturated rings. The number of ether oxygens (including phenoxy) is 1. The van der Waals surface area contributed by atoms with Crippen LogP contribution in [0.15, 0.2) is 18.2 Å². The summed E-state index contributed by atoms with van der Waals surface area (Å²) in [5.41, 5.74) is 1.79. The number of alkyl halides is 5. The molecule has 0 aliphatic heterocycles. The highest BCUT2D eigenvalue weighted by molar-refractivity contribution is 5.48.